The number of pyridine rings is 1. The molecule has 0 fully saturated rings. The van der Waals surface area contributed by atoms with Crippen LogP contribution in [-0.2, 0) is 11.8 Å². The minimum atomic E-state index is -0.676. The molecule has 6 rings (SSSR count). The molecule has 0 radical (unpaired) electrons. The molecule has 9 nitrogen and oxygen atoms in total. The molecule has 220 valence electrons. The van der Waals surface area contributed by atoms with Crippen LogP contribution in [-0.4, -0.2) is 30.6 Å². The maximum atomic E-state index is 15.6. The Labute approximate surface area is 254 Å². The van der Waals surface area contributed by atoms with E-state index in [1.54, 1.807) is 36.1 Å². The number of ether oxygens (including phenoxy) is 1. The third-order valence-corrected chi connectivity index (χ3v) is 8.15. The monoisotopic (exact) mass is 609 g/mol. The Morgan fingerprint density at radius 1 is 1.02 bits per heavy atom. The molecule has 0 spiro atoms. The Bertz CT molecular complexity index is 2090. The number of anilines is 2. The van der Waals surface area contributed by atoms with Gasteiger partial charge < -0.3 is 15.8 Å². The van der Waals surface area contributed by atoms with Gasteiger partial charge in [-0.15, -0.1) is 11.3 Å². The van der Waals surface area contributed by atoms with E-state index in [0.717, 1.165) is 44.2 Å². The Balaban J connectivity index is 1.53. The van der Waals surface area contributed by atoms with Gasteiger partial charge in [-0.25, -0.2) is 23.7 Å². The van der Waals surface area contributed by atoms with Gasteiger partial charge >= 0.3 is 6.01 Å². The number of amides is 1. The van der Waals surface area contributed by atoms with E-state index in [1.807, 2.05) is 32.3 Å². The van der Waals surface area contributed by atoms with Gasteiger partial charge in [0.1, 0.15) is 5.82 Å². The summed E-state index contributed by atoms with van der Waals surface area (Å²) in [6, 6.07) is 9.91. The summed E-state index contributed by atoms with van der Waals surface area (Å²) in [6.45, 7) is 7.27. The van der Waals surface area contributed by atoms with E-state index >= 15 is 4.39 Å². The van der Waals surface area contributed by atoms with Crippen molar-refractivity contribution in [3.05, 3.63) is 96.7 Å². The van der Waals surface area contributed by atoms with Gasteiger partial charge in [-0.2, -0.15) is 5.10 Å². The van der Waals surface area contributed by atoms with Gasteiger partial charge in [0.15, 0.2) is 17.4 Å². The zero-order valence-corrected chi connectivity index (χ0v) is 24.7. The average Bonchev–Trinajstić information content (AvgIpc) is 3.60. The molecule has 4 aromatic heterocycles. The third-order valence-electron chi connectivity index (χ3n) is 6.89. The van der Waals surface area contributed by atoms with Crippen LogP contribution < -0.4 is 15.8 Å². The molecule has 0 unspecified atom stereocenters. The lowest BCUT2D eigenvalue weighted by Gasteiger charge is -2.12. The van der Waals surface area contributed by atoms with Gasteiger partial charge in [0.2, 0.25) is 0 Å². The first-order valence-electron chi connectivity index (χ1n) is 13.3. The molecule has 0 aliphatic rings. The van der Waals surface area contributed by atoms with Crippen molar-refractivity contribution < 1.29 is 18.3 Å². The number of nitrogens with one attached hydrogen (secondary N) is 1. The molecule has 0 saturated carbocycles. The highest BCUT2D eigenvalue weighted by molar-refractivity contribution is 7.23. The van der Waals surface area contributed by atoms with Crippen molar-refractivity contribution in [3.8, 4) is 44.5 Å². The van der Waals surface area contributed by atoms with Gasteiger partial charge in [0.25, 0.3) is 5.91 Å². The molecule has 6 aromatic rings. The number of halogens is 2. The average molecular weight is 610 g/mol. The van der Waals surface area contributed by atoms with Gasteiger partial charge in [0, 0.05) is 62.4 Å². The van der Waals surface area contributed by atoms with Crippen LogP contribution in [0.5, 0.6) is 11.8 Å². The molecule has 44 heavy (non-hydrogen) atoms. The first-order chi connectivity index (χ1) is 21.1. The highest BCUT2D eigenvalue weighted by Crippen LogP contribution is 2.50. The van der Waals surface area contributed by atoms with E-state index < -0.39 is 11.6 Å². The first-order valence-corrected chi connectivity index (χ1v) is 14.1. The number of nitrogen functional groups attached to an aromatic ring is 1. The lowest BCUT2D eigenvalue weighted by atomic mass is 9.95. The van der Waals surface area contributed by atoms with Gasteiger partial charge in [0.05, 0.1) is 18.6 Å². The fourth-order valence-electron chi connectivity index (χ4n) is 4.78. The fourth-order valence-corrected chi connectivity index (χ4v) is 6.23. The lowest BCUT2D eigenvalue weighted by molar-refractivity contribution is -0.112. The topological polar surface area (TPSA) is 121 Å². The number of nitrogens with zero attached hydrogens (tertiary/aromatic N) is 5. The molecule has 0 saturated heterocycles. The van der Waals surface area contributed by atoms with Crippen molar-refractivity contribution in [2.45, 2.75) is 13.8 Å². The number of aryl methyl sites for hydroxylation is 2. The number of rotatable bonds is 7. The quantitative estimate of drug-likeness (QED) is 0.182. The number of aromatic nitrogens is 5. The Kier molecular flexibility index (Phi) is 7.35. The standard InChI is InChI=1S/C32H25F2N7O2S/c1-16(2)31(42)40-21-6-7-22(17(3)9-21)28-26(18-5-8-25(24(34)10-18)43-32-37-12-20(33)13-38-32)27-29(44-28)23(14-36-30(27)35)19-11-39-41(4)15-19/h5-15H,1H2,2-4H3,(H2,35,36)(H,40,42). The zero-order valence-electron chi connectivity index (χ0n) is 23.9. The summed E-state index contributed by atoms with van der Waals surface area (Å²) >= 11 is 1.50. The van der Waals surface area contributed by atoms with Crippen molar-refractivity contribution >= 4 is 38.8 Å². The van der Waals surface area contributed by atoms with Gasteiger partial charge in [-0.3, -0.25) is 9.48 Å². The number of fused-ring (bicyclic) bond motifs is 1. The van der Waals surface area contributed by atoms with Crippen LogP contribution in [0, 0.1) is 18.6 Å². The van der Waals surface area contributed by atoms with Gasteiger partial charge in [-0.05, 0) is 54.8 Å². The summed E-state index contributed by atoms with van der Waals surface area (Å²) in [7, 11) is 1.83. The molecule has 0 aliphatic heterocycles. The van der Waals surface area contributed by atoms with E-state index in [1.165, 1.54) is 23.5 Å². The number of nitrogens with two attached hydrogens (primary N) is 1. The predicted molar refractivity (Wildman–Crippen MR) is 167 cm³/mol. The lowest BCUT2D eigenvalue weighted by Crippen LogP contribution is -2.11. The fraction of sp³-hybridized carbons (Fsp3) is 0.0938. The molecular weight excluding hydrogens is 584 g/mol. The Morgan fingerprint density at radius 3 is 2.45 bits per heavy atom. The molecule has 12 heteroatoms. The van der Waals surface area contributed by atoms with Gasteiger partial charge in [-0.1, -0.05) is 18.7 Å². The minimum Gasteiger partial charge on any atom is -0.421 e. The van der Waals surface area contributed by atoms with E-state index in [-0.39, 0.29) is 23.5 Å². The van der Waals surface area contributed by atoms with E-state index in [0.29, 0.717) is 27.8 Å². The highest BCUT2D eigenvalue weighted by atomic mass is 32.1. The number of carbonyl (C=O) groups is 1. The van der Waals surface area contributed by atoms with Crippen molar-refractivity contribution in [2.75, 3.05) is 11.1 Å². The van der Waals surface area contributed by atoms with E-state index in [2.05, 4.69) is 31.9 Å². The van der Waals surface area contributed by atoms with Crippen molar-refractivity contribution in [1.29, 1.82) is 0 Å². The Morgan fingerprint density at radius 2 is 1.80 bits per heavy atom. The molecule has 0 aliphatic carbocycles. The summed E-state index contributed by atoms with van der Waals surface area (Å²) in [6.07, 6.45) is 7.22. The molecule has 1 amide bonds. The second-order valence-corrected chi connectivity index (χ2v) is 11.2. The van der Waals surface area contributed by atoms with Crippen LogP contribution >= 0.6 is 11.3 Å². The van der Waals surface area contributed by atoms with Crippen LogP contribution in [0.1, 0.15) is 12.5 Å². The van der Waals surface area contributed by atoms with E-state index in [4.69, 9.17) is 10.5 Å². The zero-order chi connectivity index (χ0) is 31.1. The molecular formula is C32H25F2N7O2S. The predicted octanol–water partition coefficient (Wildman–Crippen LogP) is 7.30. The summed E-state index contributed by atoms with van der Waals surface area (Å²) in [5, 5.41) is 7.83. The number of benzene rings is 2. The van der Waals surface area contributed by atoms with E-state index in [9.17, 15) is 9.18 Å². The second-order valence-electron chi connectivity index (χ2n) is 10.2. The van der Waals surface area contributed by atoms with Crippen LogP contribution in [0.3, 0.4) is 0 Å². The molecule has 4 heterocycles. The summed E-state index contributed by atoms with van der Waals surface area (Å²) in [5.41, 5.74) is 12.2. The van der Waals surface area contributed by atoms with Crippen molar-refractivity contribution in [3.63, 3.8) is 0 Å². The Hall–Kier alpha value is -5.49. The molecule has 0 atom stereocenters. The van der Waals surface area contributed by atoms with Crippen molar-refractivity contribution in [2.24, 2.45) is 7.05 Å². The SMILES string of the molecule is C=C(C)C(=O)Nc1ccc(-c2sc3c(-c4cnn(C)c4)cnc(N)c3c2-c2ccc(Oc3ncc(F)cn3)c(F)c2)c(C)c1. The molecule has 3 N–H and O–H groups in total. The maximum Gasteiger partial charge on any atom is 0.322 e. The largest absolute Gasteiger partial charge is 0.421 e. The van der Waals surface area contributed by atoms with Crippen LogP contribution in [0.4, 0.5) is 20.3 Å². The first kappa shape index (κ1) is 28.6. The summed E-state index contributed by atoms with van der Waals surface area (Å²) in [5.74, 6) is -1.43. The van der Waals surface area contributed by atoms with Crippen molar-refractivity contribution in [1.82, 2.24) is 24.7 Å². The normalized spacial score (nSPS) is 11.1. The van der Waals surface area contributed by atoms with Crippen LogP contribution in [0.2, 0.25) is 0 Å². The highest BCUT2D eigenvalue weighted by Gasteiger charge is 2.24. The van der Waals surface area contributed by atoms with Crippen LogP contribution in [0.25, 0.3) is 42.8 Å². The molecule has 0 bridgehead atoms. The minimum absolute atomic E-state index is 0.127. The second kappa shape index (κ2) is 11.3. The smallest absolute Gasteiger partial charge is 0.322 e. The molecule has 2 aromatic carbocycles. The number of hydrogen-bond acceptors (Lipinski definition) is 8. The van der Waals surface area contributed by atoms with Crippen LogP contribution in [0.15, 0.2) is 79.5 Å². The third kappa shape index (κ3) is 5.38. The summed E-state index contributed by atoms with van der Waals surface area (Å²) < 4.78 is 36.8. The number of carbonyl (C=O) groups excluding carboxylic acids is 1. The summed E-state index contributed by atoms with van der Waals surface area (Å²) in [4.78, 5) is 25.0. The number of hydrogen-bond donors (Lipinski definition) is 2. The number of thiophene rings is 1. The maximum absolute atomic E-state index is 15.6.